The molecular weight excluding hydrogens is 356 g/mol. The topological polar surface area (TPSA) is 95.2 Å². The van der Waals surface area contributed by atoms with E-state index in [-0.39, 0.29) is 11.1 Å². The zero-order valence-electron chi connectivity index (χ0n) is 15.4. The summed E-state index contributed by atoms with van der Waals surface area (Å²) in [6.07, 6.45) is 16.3. The number of hydrogen-bond donors (Lipinski definition) is 0. The summed E-state index contributed by atoms with van der Waals surface area (Å²) in [5.41, 5.74) is 3.83. The lowest BCUT2D eigenvalue weighted by molar-refractivity contribution is 1.33. The van der Waals surface area contributed by atoms with Crippen LogP contribution in [0.2, 0.25) is 0 Å². The summed E-state index contributed by atoms with van der Waals surface area (Å²) < 4.78 is 0. The predicted molar refractivity (Wildman–Crippen MR) is 111 cm³/mol. The number of nitrogens with zero attached hydrogens (tertiary/aromatic N) is 4. The monoisotopic (exact) mass is 370 g/mol. The normalized spacial score (nSPS) is 14.2. The molecule has 0 saturated heterocycles. The Hall–Kier alpha value is -4.64. The maximum absolute atomic E-state index is 9.45. The van der Waals surface area contributed by atoms with Crippen LogP contribution in [0.1, 0.15) is 17.5 Å². The lowest BCUT2D eigenvalue weighted by atomic mass is 9.96. The van der Waals surface area contributed by atoms with Crippen LogP contribution in [0, 0.1) is 45.3 Å². The van der Waals surface area contributed by atoms with Crippen molar-refractivity contribution >= 4 is 11.1 Å². The summed E-state index contributed by atoms with van der Waals surface area (Å²) in [7, 11) is 0. The summed E-state index contributed by atoms with van der Waals surface area (Å²) in [5, 5.41) is 37.8. The highest BCUT2D eigenvalue weighted by molar-refractivity contribution is 6.12. The summed E-state index contributed by atoms with van der Waals surface area (Å²) in [6.45, 7) is 0. The molecule has 29 heavy (non-hydrogen) atoms. The van der Waals surface area contributed by atoms with Gasteiger partial charge in [0.2, 0.25) is 0 Å². The molecule has 0 radical (unpaired) electrons. The second-order valence-corrected chi connectivity index (χ2v) is 6.19. The van der Waals surface area contributed by atoms with Crippen LogP contribution in [0.25, 0.3) is 11.1 Å². The number of rotatable bonds is 3. The third-order valence-electron chi connectivity index (χ3n) is 4.55. The number of allylic oxidation sites excluding steroid dienone is 14. The van der Waals surface area contributed by atoms with Crippen LogP contribution in [0.3, 0.4) is 0 Å². The van der Waals surface area contributed by atoms with E-state index < -0.39 is 0 Å². The lowest BCUT2D eigenvalue weighted by Gasteiger charge is -2.03. The molecule has 0 heterocycles. The average molecular weight is 370 g/mol. The summed E-state index contributed by atoms with van der Waals surface area (Å²) in [4.78, 5) is 0. The summed E-state index contributed by atoms with van der Waals surface area (Å²) >= 11 is 0. The van der Waals surface area contributed by atoms with E-state index in [2.05, 4.69) is 6.08 Å². The van der Waals surface area contributed by atoms with Crippen molar-refractivity contribution in [1.82, 2.24) is 0 Å². The van der Waals surface area contributed by atoms with Gasteiger partial charge in [-0.15, -0.1) is 0 Å². The Kier molecular flexibility index (Phi) is 5.83. The predicted octanol–water partition coefficient (Wildman–Crippen LogP) is 5.23. The minimum absolute atomic E-state index is 0.0555. The Bertz CT molecular complexity index is 1140. The van der Waals surface area contributed by atoms with Gasteiger partial charge in [-0.05, 0) is 28.7 Å². The molecule has 1 aromatic rings. The Morgan fingerprint density at radius 1 is 0.793 bits per heavy atom. The van der Waals surface area contributed by atoms with Crippen molar-refractivity contribution in [3.05, 3.63) is 106 Å². The van der Waals surface area contributed by atoms with E-state index in [9.17, 15) is 21.0 Å². The summed E-state index contributed by atoms with van der Waals surface area (Å²) in [6, 6.07) is 14.9. The second kappa shape index (κ2) is 8.83. The highest BCUT2D eigenvalue weighted by atomic mass is 14.4. The minimum atomic E-state index is -0.0555. The molecule has 2 aliphatic carbocycles. The quantitative estimate of drug-likeness (QED) is 0.538. The summed E-state index contributed by atoms with van der Waals surface area (Å²) in [5.74, 6) is 0. The molecule has 2 aliphatic rings. The van der Waals surface area contributed by atoms with Crippen LogP contribution in [0.5, 0.6) is 0 Å². The van der Waals surface area contributed by atoms with Gasteiger partial charge >= 0.3 is 0 Å². The average Bonchev–Trinajstić information content (AvgIpc) is 3.37. The smallest absolute Gasteiger partial charge is 0.138 e. The van der Waals surface area contributed by atoms with Gasteiger partial charge in [-0.1, -0.05) is 72.9 Å². The Labute approximate surface area is 169 Å². The molecular formula is C25H14N4. The molecule has 0 spiro atoms. The number of hydrogen-bond acceptors (Lipinski definition) is 4. The Morgan fingerprint density at radius 3 is 1.86 bits per heavy atom. The SMILES string of the molecule is N#CC(C#N)=C1C(=C/C=C/C=C/C2=CC=CC2)C(=C(C#N)C#N)c2ccccc21. The van der Waals surface area contributed by atoms with E-state index in [0.717, 1.165) is 6.42 Å². The molecule has 0 N–H and O–H groups in total. The first-order valence-corrected chi connectivity index (χ1v) is 8.85. The first kappa shape index (κ1) is 19.1. The van der Waals surface area contributed by atoms with Crippen molar-refractivity contribution in [1.29, 1.82) is 21.0 Å². The van der Waals surface area contributed by atoms with Gasteiger partial charge in [0.1, 0.15) is 35.4 Å². The van der Waals surface area contributed by atoms with Crippen molar-refractivity contribution in [2.24, 2.45) is 0 Å². The highest BCUT2D eigenvalue weighted by Gasteiger charge is 2.31. The molecule has 0 atom stereocenters. The maximum atomic E-state index is 9.45. The molecule has 3 rings (SSSR count). The lowest BCUT2D eigenvalue weighted by Crippen LogP contribution is -1.89. The molecule has 0 aromatic heterocycles. The van der Waals surface area contributed by atoms with Gasteiger partial charge in [0.05, 0.1) is 0 Å². The number of fused-ring (bicyclic) bond motifs is 1. The fraction of sp³-hybridized carbons (Fsp3) is 0.0400. The first-order chi connectivity index (χ1) is 14.2. The van der Waals surface area contributed by atoms with Gasteiger partial charge < -0.3 is 0 Å². The van der Waals surface area contributed by atoms with Crippen LogP contribution in [-0.4, -0.2) is 0 Å². The van der Waals surface area contributed by atoms with E-state index >= 15 is 0 Å². The molecule has 0 bridgehead atoms. The molecule has 0 aliphatic heterocycles. The van der Waals surface area contributed by atoms with E-state index in [1.54, 1.807) is 36.4 Å². The molecule has 134 valence electrons. The third-order valence-corrected chi connectivity index (χ3v) is 4.55. The van der Waals surface area contributed by atoms with Gasteiger partial charge in [-0.2, -0.15) is 21.0 Å². The van der Waals surface area contributed by atoms with E-state index in [0.29, 0.717) is 27.8 Å². The van der Waals surface area contributed by atoms with Crippen LogP contribution >= 0.6 is 0 Å². The number of benzene rings is 1. The van der Waals surface area contributed by atoms with E-state index in [4.69, 9.17) is 0 Å². The number of nitriles is 4. The van der Waals surface area contributed by atoms with Crippen molar-refractivity contribution in [3.63, 3.8) is 0 Å². The standard InChI is InChI=1S/C25H14N4/c26-14-19(15-27)24-21-11-6-7-12-22(21)25(20(16-28)17-29)23(24)13-3-1-2-8-18-9-4-5-10-18/h1-9,11-13H,10H2/b3-1+,8-2+. The highest BCUT2D eigenvalue weighted by Crippen LogP contribution is 2.47. The van der Waals surface area contributed by atoms with Gasteiger partial charge in [0, 0.05) is 11.1 Å². The third kappa shape index (κ3) is 3.74. The fourth-order valence-electron chi connectivity index (χ4n) is 3.30. The first-order valence-electron chi connectivity index (χ1n) is 8.85. The van der Waals surface area contributed by atoms with Gasteiger partial charge in [0.25, 0.3) is 0 Å². The minimum Gasteiger partial charge on any atom is -0.192 e. The van der Waals surface area contributed by atoms with E-state index in [1.165, 1.54) is 5.57 Å². The molecule has 4 heteroatoms. The fourth-order valence-corrected chi connectivity index (χ4v) is 3.30. The van der Waals surface area contributed by atoms with Crippen molar-refractivity contribution in [3.8, 4) is 24.3 Å². The van der Waals surface area contributed by atoms with Crippen LogP contribution in [0.15, 0.2) is 95.2 Å². The van der Waals surface area contributed by atoms with Crippen molar-refractivity contribution in [2.75, 3.05) is 0 Å². The van der Waals surface area contributed by atoms with E-state index in [1.807, 2.05) is 54.7 Å². The zero-order chi connectivity index (χ0) is 20.6. The molecule has 0 fully saturated rings. The molecule has 0 amide bonds. The Morgan fingerprint density at radius 2 is 1.38 bits per heavy atom. The van der Waals surface area contributed by atoms with Gasteiger partial charge in [-0.3, -0.25) is 0 Å². The molecule has 0 saturated carbocycles. The van der Waals surface area contributed by atoms with Crippen LogP contribution in [0.4, 0.5) is 0 Å². The van der Waals surface area contributed by atoms with Gasteiger partial charge in [-0.25, -0.2) is 0 Å². The van der Waals surface area contributed by atoms with Crippen molar-refractivity contribution in [2.45, 2.75) is 6.42 Å². The zero-order valence-corrected chi connectivity index (χ0v) is 15.4. The van der Waals surface area contributed by atoms with Crippen LogP contribution < -0.4 is 0 Å². The van der Waals surface area contributed by atoms with Crippen molar-refractivity contribution < 1.29 is 0 Å². The second-order valence-electron chi connectivity index (χ2n) is 6.19. The largest absolute Gasteiger partial charge is 0.192 e. The van der Waals surface area contributed by atoms with Gasteiger partial charge in [0.15, 0.2) is 0 Å². The molecule has 1 aromatic carbocycles. The van der Waals surface area contributed by atoms with Crippen LogP contribution in [-0.2, 0) is 0 Å². The Balaban J connectivity index is 2.16. The maximum Gasteiger partial charge on any atom is 0.138 e. The molecule has 4 nitrogen and oxygen atoms in total. The molecule has 0 unspecified atom stereocenters.